The minimum Gasteiger partial charge on any atom is -0.467 e. The second-order valence-electron chi connectivity index (χ2n) is 3.95. The van der Waals surface area contributed by atoms with E-state index in [1.807, 2.05) is 0 Å². The molecular formula is C13H15N3O4. The summed E-state index contributed by atoms with van der Waals surface area (Å²) in [5, 5.41) is 6.63. The molecule has 0 fully saturated rings. The molecule has 0 spiro atoms. The maximum Gasteiger partial charge on any atom is 0.396 e. The molecule has 2 aromatic heterocycles. The van der Waals surface area contributed by atoms with Crippen molar-refractivity contribution in [1.82, 2.24) is 15.1 Å². The van der Waals surface area contributed by atoms with Crippen LogP contribution in [0.25, 0.3) is 0 Å². The van der Waals surface area contributed by atoms with Gasteiger partial charge in [0.25, 0.3) is 0 Å². The van der Waals surface area contributed by atoms with Crippen molar-refractivity contribution < 1.29 is 18.7 Å². The number of aromatic nitrogens is 2. The second-order valence-corrected chi connectivity index (χ2v) is 3.95. The monoisotopic (exact) mass is 277 g/mol. The van der Waals surface area contributed by atoms with Crippen molar-refractivity contribution in [3.8, 4) is 0 Å². The van der Waals surface area contributed by atoms with Gasteiger partial charge in [0.15, 0.2) is 0 Å². The molecule has 0 aromatic carbocycles. The molecule has 0 aliphatic rings. The third-order valence-corrected chi connectivity index (χ3v) is 2.63. The number of amides is 1. The lowest BCUT2D eigenvalue weighted by Crippen LogP contribution is -2.37. The third kappa shape index (κ3) is 3.25. The summed E-state index contributed by atoms with van der Waals surface area (Å²) in [7, 11) is 0. The van der Waals surface area contributed by atoms with Gasteiger partial charge in [-0.2, -0.15) is 5.10 Å². The van der Waals surface area contributed by atoms with Gasteiger partial charge in [-0.25, -0.2) is 4.79 Å². The number of carbonyl (C=O) groups is 2. The molecule has 1 atom stereocenters. The number of ether oxygens (including phenoxy) is 1. The smallest absolute Gasteiger partial charge is 0.396 e. The summed E-state index contributed by atoms with van der Waals surface area (Å²) in [4.78, 5) is 22.8. The van der Waals surface area contributed by atoms with Crippen molar-refractivity contribution in [3.05, 3.63) is 42.6 Å². The molecule has 20 heavy (non-hydrogen) atoms. The van der Waals surface area contributed by atoms with E-state index in [-0.39, 0.29) is 19.2 Å². The van der Waals surface area contributed by atoms with Crippen molar-refractivity contribution >= 4 is 11.9 Å². The van der Waals surface area contributed by atoms with Crippen molar-refractivity contribution in [3.63, 3.8) is 0 Å². The predicted octanol–water partition coefficient (Wildman–Crippen LogP) is 0.745. The van der Waals surface area contributed by atoms with Crippen LogP contribution >= 0.6 is 0 Å². The molecule has 0 saturated heterocycles. The maximum atomic E-state index is 11.5. The molecule has 0 bridgehead atoms. The van der Waals surface area contributed by atoms with Crippen LogP contribution in [0.3, 0.4) is 0 Å². The highest BCUT2D eigenvalue weighted by atomic mass is 16.5. The van der Waals surface area contributed by atoms with Gasteiger partial charge in [0.2, 0.25) is 0 Å². The van der Waals surface area contributed by atoms with E-state index in [1.165, 1.54) is 0 Å². The Kier molecular flexibility index (Phi) is 4.54. The number of nitrogens with zero attached hydrogens (tertiary/aromatic N) is 2. The van der Waals surface area contributed by atoms with Crippen molar-refractivity contribution in [2.75, 3.05) is 13.2 Å². The fraction of sp³-hybridized carbons (Fsp3) is 0.308. The van der Waals surface area contributed by atoms with Crippen LogP contribution in [0.2, 0.25) is 0 Å². The zero-order valence-corrected chi connectivity index (χ0v) is 11.0. The van der Waals surface area contributed by atoms with E-state index in [0.717, 1.165) is 0 Å². The predicted molar refractivity (Wildman–Crippen MR) is 68.7 cm³/mol. The summed E-state index contributed by atoms with van der Waals surface area (Å²) in [5.74, 6) is -1.04. The Morgan fingerprint density at radius 1 is 1.50 bits per heavy atom. The van der Waals surface area contributed by atoms with Gasteiger partial charge < -0.3 is 14.5 Å². The fourth-order valence-electron chi connectivity index (χ4n) is 1.73. The summed E-state index contributed by atoms with van der Waals surface area (Å²) in [6.45, 7) is 1.97. The largest absolute Gasteiger partial charge is 0.467 e. The molecule has 2 rings (SSSR count). The van der Waals surface area contributed by atoms with Gasteiger partial charge >= 0.3 is 11.9 Å². The van der Waals surface area contributed by atoms with Crippen LogP contribution in [0.1, 0.15) is 18.7 Å². The molecule has 1 N–H and O–H groups in total. The SMILES string of the molecule is CCOC(=O)C(=O)NCC(c1ccco1)n1cccn1. The minimum atomic E-state index is -0.897. The molecule has 7 nitrogen and oxygen atoms in total. The number of esters is 1. The number of furan rings is 1. The quantitative estimate of drug-likeness (QED) is 0.643. The van der Waals surface area contributed by atoms with E-state index in [4.69, 9.17) is 4.42 Å². The molecule has 1 unspecified atom stereocenters. The van der Waals surface area contributed by atoms with E-state index in [2.05, 4.69) is 15.2 Å². The zero-order chi connectivity index (χ0) is 14.4. The Morgan fingerprint density at radius 2 is 2.35 bits per heavy atom. The number of carbonyl (C=O) groups excluding carboxylic acids is 2. The van der Waals surface area contributed by atoms with E-state index >= 15 is 0 Å². The molecule has 0 radical (unpaired) electrons. The Balaban J connectivity index is 2.03. The number of rotatable bonds is 5. The molecule has 1 amide bonds. The molecule has 7 heteroatoms. The van der Waals surface area contributed by atoms with Gasteiger partial charge in [-0.3, -0.25) is 9.48 Å². The molecule has 2 heterocycles. The number of nitrogens with one attached hydrogen (secondary N) is 1. The van der Waals surface area contributed by atoms with Crippen LogP contribution in [0.15, 0.2) is 41.3 Å². The summed E-state index contributed by atoms with van der Waals surface area (Å²) < 4.78 is 11.6. The summed E-state index contributed by atoms with van der Waals surface area (Å²) >= 11 is 0. The lowest BCUT2D eigenvalue weighted by atomic mass is 10.2. The number of hydrogen-bond acceptors (Lipinski definition) is 5. The van der Waals surface area contributed by atoms with E-state index < -0.39 is 11.9 Å². The standard InChI is InChI=1S/C13H15N3O4/c1-2-19-13(18)12(17)14-9-10(11-5-3-8-20-11)16-7-4-6-15-16/h3-8,10H,2,9H2,1H3,(H,14,17). The average molecular weight is 277 g/mol. The van der Waals surface area contributed by atoms with Crippen LogP contribution in [0.5, 0.6) is 0 Å². The van der Waals surface area contributed by atoms with Gasteiger partial charge in [0.1, 0.15) is 11.8 Å². The van der Waals surface area contributed by atoms with E-state index in [0.29, 0.717) is 5.76 Å². The van der Waals surface area contributed by atoms with Gasteiger partial charge in [-0.15, -0.1) is 0 Å². The maximum absolute atomic E-state index is 11.5. The van der Waals surface area contributed by atoms with Gasteiger partial charge in [0, 0.05) is 18.9 Å². The van der Waals surface area contributed by atoms with Crippen LogP contribution in [0.4, 0.5) is 0 Å². The highest BCUT2D eigenvalue weighted by Gasteiger charge is 2.21. The first-order valence-electron chi connectivity index (χ1n) is 6.20. The lowest BCUT2D eigenvalue weighted by molar-refractivity contribution is -0.154. The van der Waals surface area contributed by atoms with Crippen molar-refractivity contribution in [2.24, 2.45) is 0 Å². The second kappa shape index (κ2) is 6.55. The van der Waals surface area contributed by atoms with Gasteiger partial charge in [-0.05, 0) is 25.1 Å². The third-order valence-electron chi connectivity index (χ3n) is 2.63. The first-order chi connectivity index (χ1) is 9.72. The van der Waals surface area contributed by atoms with Gasteiger partial charge in [0.05, 0.1) is 12.9 Å². The number of hydrogen-bond donors (Lipinski definition) is 1. The normalized spacial score (nSPS) is 11.8. The molecule has 0 saturated carbocycles. The van der Waals surface area contributed by atoms with Crippen LogP contribution in [0, 0.1) is 0 Å². The highest BCUT2D eigenvalue weighted by molar-refractivity contribution is 6.32. The van der Waals surface area contributed by atoms with Crippen LogP contribution < -0.4 is 5.32 Å². The van der Waals surface area contributed by atoms with Gasteiger partial charge in [-0.1, -0.05) is 0 Å². The Bertz CT molecular complexity index is 514. The molecular weight excluding hydrogens is 262 g/mol. The minimum absolute atomic E-state index is 0.160. The first kappa shape index (κ1) is 13.9. The first-order valence-corrected chi connectivity index (χ1v) is 6.20. The zero-order valence-electron chi connectivity index (χ0n) is 11.0. The molecule has 0 aliphatic carbocycles. The van der Waals surface area contributed by atoms with Crippen LogP contribution in [-0.4, -0.2) is 34.8 Å². The van der Waals surface area contributed by atoms with Crippen LogP contribution in [-0.2, 0) is 14.3 Å². The van der Waals surface area contributed by atoms with Crippen molar-refractivity contribution in [1.29, 1.82) is 0 Å². The molecule has 2 aromatic rings. The summed E-state index contributed by atoms with van der Waals surface area (Å²) in [5.41, 5.74) is 0. The van der Waals surface area contributed by atoms with E-state index in [1.54, 1.807) is 48.5 Å². The van der Waals surface area contributed by atoms with E-state index in [9.17, 15) is 9.59 Å². The highest BCUT2D eigenvalue weighted by Crippen LogP contribution is 2.16. The van der Waals surface area contributed by atoms with Crippen molar-refractivity contribution in [2.45, 2.75) is 13.0 Å². The summed E-state index contributed by atoms with van der Waals surface area (Å²) in [6, 6.07) is 4.98. The lowest BCUT2D eigenvalue weighted by Gasteiger charge is -2.15. The topological polar surface area (TPSA) is 86.4 Å². The molecule has 106 valence electrons. The fourth-order valence-corrected chi connectivity index (χ4v) is 1.73. The molecule has 0 aliphatic heterocycles. The Hall–Kier alpha value is -2.57. The summed E-state index contributed by atoms with van der Waals surface area (Å²) in [6.07, 6.45) is 4.92. The Labute approximate surface area is 115 Å². The average Bonchev–Trinajstić information content (AvgIpc) is 3.12. The Morgan fingerprint density at radius 3 is 2.95 bits per heavy atom.